The van der Waals surface area contributed by atoms with Crippen LogP contribution in [-0.2, 0) is 0 Å². The Morgan fingerprint density at radius 2 is 0.922 bits per heavy atom. The molecular weight excluding hydrogens is 659 g/mol. The number of hydrogen-bond acceptors (Lipinski definition) is 4. The highest BCUT2D eigenvalue weighted by Gasteiger charge is 2.24. The summed E-state index contributed by atoms with van der Waals surface area (Å²) in [6.07, 6.45) is 0. The molecule has 0 aliphatic carbocycles. The Morgan fingerprint density at radius 3 is 1.59 bits per heavy atom. The lowest BCUT2D eigenvalue weighted by atomic mass is 10.0. The van der Waals surface area contributed by atoms with Crippen molar-refractivity contribution in [2.24, 2.45) is 0 Å². The van der Waals surface area contributed by atoms with Crippen molar-refractivity contribution in [2.75, 3.05) is 0 Å². The van der Waals surface area contributed by atoms with Gasteiger partial charge in [0, 0.05) is 68.8 Å². The molecule has 0 saturated heterocycles. The zero-order valence-electron chi connectivity index (χ0n) is 27.2. The summed E-state index contributed by atoms with van der Waals surface area (Å²) in [5.74, 6) is 0.720. The van der Waals surface area contributed by atoms with Gasteiger partial charge in [0.15, 0.2) is 5.82 Å². The summed E-state index contributed by atoms with van der Waals surface area (Å²) >= 11 is 3.82. The highest BCUT2D eigenvalue weighted by Crippen LogP contribution is 2.52. The molecule has 238 valence electrons. The maximum absolute atomic E-state index is 5.10. The summed E-state index contributed by atoms with van der Waals surface area (Å²) in [4.78, 5) is 10.1. The minimum Gasteiger partial charge on any atom is -0.308 e. The Hall–Kier alpha value is -6.14. The lowest BCUT2D eigenvalue weighted by Gasteiger charge is -2.12. The Morgan fingerprint density at radius 1 is 0.412 bits per heavy atom. The van der Waals surface area contributed by atoms with Crippen LogP contribution in [0.25, 0.3) is 102 Å². The predicted octanol–water partition coefficient (Wildman–Crippen LogP) is 13.3. The quantitative estimate of drug-likeness (QED) is 0.185. The molecule has 3 nitrogen and oxygen atoms in total. The summed E-state index contributed by atoms with van der Waals surface area (Å²) < 4.78 is 7.82. The molecule has 11 rings (SSSR count). The number of hydrogen-bond donors (Lipinski definition) is 0. The van der Waals surface area contributed by atoms with Gasteiger partial charge in [0.1, 0.15) is 0 Å². The first-order chi connectivity index (χ1) is 25.3. The van der Waals surface area contributed by atoms with Gasteiger partial charge >= 0.3 is 0 Å². The highest BCUT2D eigenvalue weighted by atomic mass is 32.1. The minimum absolute atomic E-state index is 0.720. The van der Waals surface area contributed by atoms with E-state index in [-0.39, 0.29) is 0 Å². The summed E-state index contributed by atoms with van der Waals surface area (Å²) in [6.45, 7) is 0. The molecule has 4 aromatic heterocycles. The Bertz CT molecular complexity index is 3060. The fourth-order valence-corrected chi connectivity index (χ4v) is 10.3. The summed E-state index contributed by atoms with van der Waals surface area (Å²) in [5, 5.41) is 8.01. The molecule has 0 atom stereocenters. The fourth-order valence-electron chi connectivity index (χ4n) is 7.73. The largest absolute Gasteiger partial charge is 0.308 e. The van der Waals surface area contributed by atoms with Crippen LogP contribution in [0.3, 0.4) is 0 Å². The molecule has 4 heterocycles. The molecule has 0 bridgehead atoms. The second-order valence-corrected chi connectivity index (χ2v) is 15.0. The van der Waals surface area contributed by atoms with Gasteiger partial charge in [-0.1, -0.05) is 127 Å². The molecule has 0 fully saturated rings. The minimum atomic E-state index is 0.720. The van der Waals surface area contributed by atoms with E-state index in [9.17, 15) is 0 Å². The molecule has 0 aliphatic rings. The van der Waals surface area contributed by atoms with Gasteiger partial charge in [-0.15, -0.1) is 22.7 Å². The van der Waals surface area contributed by atoms with E-state index in [2.05, 4.69) is 144 Å². The van der Waals surface area contributed by atoms with Gasteiger partial charge in [0.2, 0.25) is 0 Å². The van der Waals surface area contributed by atoms with Crippen molar-refractivity contribution in [1.29, 1.82) is 0 Å². The smallest absolute Gasteiger partial charge is 0.160 e. The average molecular weight is 686 g/mol. The number of aromatic nitrogens is 3. The van der Waals surface area contributed by atoms with E-state index < -0.39 is 0 Å². The molecule has 0 unspecified atom stereocenters. The Kier molecular flexibility index (Phi) is 6.29. The lowest BCUT2D eigenvalue weighted by molar-refractivity contribution is 1.17. The number of rotatable bonds is 4. The maximum Gasteiger partial charge on any atom is 0.160 e. The number of benzene rings is 7. The second kappa shape index (κ2) is 11.2. The van der Waals surface area contributed by atoms with Gasteiger partial charge in [0.05, 0.1) is 27.1 Å². The first-order valence-electron chi connectivity index (χ1n) is 17.1. The van der Waals surface area contributed by atoms with Crippen molar-refractivity contribution in [3.8, 4) is 39.6 Å². The van der Waals surface area contributed by atoms with Gasteiger partial charge in [0.25, 0.3) is 0 Å². The predicted molar refractivity (Wildman–Crippen MR) is 218 cm³/mol. The molecular formula is C46H27N3S2. The first kappa shape index (κ1) is 28.7. The highest BCUT2D eigenvalue weighted by molar-refractivity contribution is 7.29. The standard InChI is InChI=1S/C46H27N3S2/c1-3-13-28(14-4-1)35-27-36(48-46(47-35)30-15-5-2-6-16-30)29-23-25-31(26-24-29)49-37-20-10-7-17-32(37)42-43(49)45-41(34-19-9-12-22-39(34)51-45)40-33-18-8-11-21-38(33)50-44(40)42/h1-27H. The summed E-state index contributed by atoms with van der Waals surface area (Å²) in [6, 6.07) is 58.3. The summed E-state index contributed by atoms with van der Waals surface area (Å²) in [5.41, 5.74) is 8.54. The third-order valence-electron chi connectivity index (χ3n) is 10.0. The number of thiophene rings is 2. The number of fused-ring (bicyclic) bond motifs is 12. The third kappa shape index (κ3) is 4.35. The van der Waals surface area contributed by atoms with E-state index in [4.69, 9.17) is 9.97 Å². The van der Waals surface area contributed by atoms with E-state index >= 15 is 0 Å². The molecule has 7 aromatic carbocycles. The van der Waals surface area contributed by atoms with Crippen molar-refractivity contribution in [2.45, 2.75) is 0 Å². The number of para-hydroxylation sites is 1. The molecule has 0 amide bonds. The van der Waals surface area contributed by atoms with Crippen LogP contribution < -0.4 is 0 Å². The van der Waals surface area contributed by atoms with Gasteiger partial charge in [-0.3, -0.25) is 0 Å². The van der Waals surface area contributed by atoms with Crippen LogP contribution in [0, 0.1) is 0 Å². The molecule has 0 saturated carbocycles. The van der Waals surface area contributed by atoms with E-state index in [0.29, 0.717) is 0 Å². The average Bonchev–Trinajstić information content (AvgIpc) is 3.88. The van der Waals surface area contributed by atoms with E-state index in [0.717, 1.165) is 39.6 Å². The van der Waals surface area contributed by atoms with Crippen molar-refractivity contribution in [1.82, 2.24) is 14.5 Å². The fraction of sp³-hybridized carbons (Fsp3) is 0. The van der Waals surface area contributed by atoms with Crippen LogP contribution in [0.15, 0.2) is 164 Å². The Balaban J connectivity index is 1.17. The van der Waals surface area contributed by atoms with Crippen LogP contribution in [0.4, 0.5) is 0 Å². The summed E-state index contributed by atoms with van der Waals surface area (Å²) in [7, 11) is 0. The van der Waals surface area contributed by atoms with Crippen molar-refractivity contribution in [3.05, 3.63) is 164 Å². The SMILES string of the molecule is c1ccc(-c2cc(-c3ccc(-n4c5ccccc5c5c6sc7ccccc7c6c6c7ccccc7sc6c54)cc3)nc(-c3ccccc3)n2)cc1. The van der Waals surface area contributed by atoms with E-state index in [1.807, 2.05) is 46.9 Å². The van der Waals surface area contributed by atoms with Crippen molar-refractivity contribution in [3.63, 3.8) is 0 Å². The van der Waals surface area contributed by atoms with Gasteiger partial charge in [-0.2, -0.15) is 0 Å². The maximum atomic E-state index is 5.10. The van der Waals surface area contributed by atoms with Crippen molar-refractivity contribution >= 4 is 84.8 Å². The van der Waals surface area contributed by atoms with Crippen LogP contribution >= 0.6 is 22.7 Å². The third-order valence-corrected chi connectivity index (χ3v) is 12.4. The lowest BCUT2D eigenvalue weighted by Crippen LogP contribution is -1.97. The van der Waals surface area contributed by atoms with E-state index in [1.54, 1.807) is 0 Å². The normalized spacial score (nSPS) is 11.9. The molecule has 0 N–H and O–H groups in total. The number of nitrogens with zero attached hydrogens (tertiary/aromatic N) is 3. The van der Waals surface area contributed by atoms with Gasteiger partial charge < -0.3 is 4.57 Å². The topological polar surface area (TPSA) is 30.7 Å². The molecule has 0 radical (unpaired) electrons. The zero-order chi connectivity index (χ0) is 33.5. The molecule has 5 heteroatoms. The molecule has 0 spiro atoms. The monoisotopic (exact) mass is 685 g/mol. The van der Waals surface area contributed by atoms with Gasteiger partial charge in [-0.05, 0) is 36.4 Å². The van der Waals surface area contributed by atoms with Gasteiger partial charge in [-0.25, -0.2) is 9.97 Å². The molecule has 51 heavy (non-hydrogen) atoms. The van der Waals surface area contributed by atoms with Crippen LogP contribution in [0.2, 0.25) is 0 Å². The van der Waals surface area contributed by atoms with Crippen LogP contribution in [0.1, 0.15) is 0 Å². The van der Waals surface area contributed by atoms with Crippen molar-refractivity contribution < 1.29 is 0 Å². The Labute approximate surface area is 301 Å². The zero-order valence-corrected chi connectivity index (χ0v) is 28.9. The first-order valence-corrected chi connectivity index (χ1v) is 18.7. The van der Waals surface area contributed by atoms with Crippen LogP contribution in [0.5, 0.6) is 0 Å². The molecule has 0 aliphatic heterocycles. The van der Waals surface area contributed by atoms with E-state index in [1.165, 1.54) is 62.2 Å². The van der Waals surface area contributed by atoms with Crippen LogP contribution in [-0.4, -0.2) is 14.5 Å². The second-order valence-electron chi connectivity index (χ2n) is 12.9. The molecule has 11 aromatic rings.